The van der Waals surface area contributed by atoms with Crippen LogP contribution in [0.5, 0.6) is 5.88 Å². The van der Waals surface area contributed by atoms with Crippen molar-refractivity contribution in [3.05, 3.63) is 11.3 Å². The number of hydrogen-bond acceptors (Lipinski definition) is 4. The molecule has 0 N–H and O–H groups in total. The molecule has 1 aromatic heterocycles. The molecule has 0 saturated carbocycles. The van der Waals surface area contributed by atoms with Crippen molar-refractivity contribution < 1.29 is 9.47 Å². The number of hydrogen-bond donors (Lipinski definition) is 0. The van der Waals surface area contributed by atoms with Crippen molar-refractivity contribution >= 4 is 0 Å². The third-order valence-electron chi connectivity index (χ3n) is 4.82. The Morgan fingerprint density at radius 2 is 2.14 bits per heavy atom. The van der Waals surface area contributed by atoms with E-state index < -0.39 is 0 Å². The van der Waals surface area contributed by atoms with Crippen LogP contribution in [-0.2, 0) is 11.8 Å². The minimum Gasteiger partial charge on any atom is -0.481 e. The van der Waals surface area contributed by atoms with Crippen LogP contribution in [0.25, 0.3) is 0 Å². The zero-order chi connectivity index (χ0) is 14.8. The fourth-order valence-electron chi connectivity index (χ4n) is 3.86. The van der Waals surface area contributed by atoms with E-state index in [0.717, 1.165) is 31.3 Å². The van der Waals surface area contributed by atoms with Gasteiger partial charge in [-0.05, 0) is 45.6 Å². The average Bonchev–Trinajstić information content (AvgIpc) is 3.03. The summed E-state index contributed by atoms with van der Waals surface area (Å²) in [6.45, 7) is 5.22. The Hall–Kier alpha value is -1.07. The van der Waals surface area contributed by atoms with Gasteiger partial charge < -0.3 is 9.47 Å². The molecule has 3 heterocycles. The first-order valence-electron chi connectivity index (χ1n) is 8.14. The molecule has 2 aliphatic rings. The minimum atomic E-state index is 0.405. The Morgan fingerprint density at radius 1 is 1.29 bits per heavy atom. The third kappa shape index (κ3) is 2.94. The lowest BCUT2D eigenvalue weighted by atomic mass is 10.0. The van der Waals surface area contributed by atoms with E-state index >= 15 is 0 Å². The molecule has 2 atom stereocenters. The van der Waals surface area contributed by atoms with Gasteiger partial charge in [0, 0.05) is 26.2 Å². The normalized spacial score (nSPS) is 27.2. The maximum atomic E-state index is 5.92. The van der Waals surface area contributed by atoms with Gasteiger partial charge in [0.1, 0.15) is 0 Å². The molecule has 5 heteroatoms. The summed E-state index contributed by atoms with van der Waals surface area (Å²) in [5, 5.41) is 4.54. The summed E-state index contributed by atoms with van der Waals surface area (Å²) in [7, 11) is 3.70. The maximum Gasteiger partial charge on any atom is 0.216 e. The Balaban J connectivity index is 1.77. The molecule has 2 fully saturated rings. The van der Waals surface area contributed by atoms with Crippen LogP contribution in [0.3, 0.4) is 0 Å². The first kappa shape index (κ1) is 14.9. The van der Waals surface area contributed by atoms with E-state index in [1.54, 1.807) is 7.11 Å². The van der Waals surface area contributed by atoms with Gasteiger partial charge in [0.2, 0.25) is 5.88 Å². The summed E-state index contributed by atoms with van der Waals surface area (Å²) in [5.41, 5.74) is 2.36. The number of rotatable bonds is 4. The SMILES string of the molecule is COc1c([C@H]2CCCN2C[C@H]2CCCCO2)c(C)nn1C. The van der Waals surface area contributed by atoms with E-state index in [0.29, 0.717) is 12.1 Å². The van der Waals surface area contributed by atoms with Crippen LogP contribution >= 0.6 is 0 Å². The number of aryl methyl sites for hydroxylation is 2. The third-order valence-corrected chi connectivity index (χ3v) is 4.82. The molecule has 118 valence electrons. The van der Waals surface area contributed by atoms with E-state index in [2.05, 4.69) is 16.9 Å². The van der Waals surface area contributed by atoms with Gasteiger partial charge in [-0.15, -0.1) is 0 Å². The van der Waals surface area contributed by atoms with Crippen LogP contribution < -0.4 is 4.74 Å². The monoisotopic (exact) mass is 293 g/mol. The molecule has 21 heavy (non-hydrogen) atoms. The lowest BCUT2D eigenvalue weighted by Gasteiger charge is -2.31. The molecule has 0 radical (unpaired) electrons. The summed E-state index contributed by atoms with van der Waals surface area (Å²) in [4.78, 5) is 2.57. The summed E-state index contributed by atoms with van der Waals surface area (Å²) in [6, 6.07) is 0.430. The lowest BCUT2D eigenvalue weighted by Crippen LogP contribution is -2.35. The lowest BCUT2D eigenvalue weighted by molar-refractivity contribution is -0.00823. The second kappa shape index (κ2) is 6.36. The topological polar surface area (TPSA) is 39.5 Å². The average molecular weight is 293 g/mol. The zero-order valence-corrected chi connectivity index (χ0v) is 13.5. The van der Waals surface area contributed by atoms with E-state index in [4.69, 9.17) is 9.47 Å². The van der Waals surface area contributed by atoms with Gasteiger partial charge in [-0.25, -0.2) is 4.68 Å². The molecule has 0 aromatic carbocycles. The summed E-state index contributed by atoms with van der Waals surface area (Å²) in [6.07, 6.45) is 6.56. The largest absolute Gasteiger partial charge is 0.481 e. The van der Waals surface area contributed by atoms with Crippen LogP contribution in [0.2, 0.25) is 0 Å². The number of likely N-dealkylation sites (tertiary alicyclic amines) is 1. The molecule has 1 aromatic rings. The Labute approximate surface area is 127 Å². The molecule has 2 saturated heterocycles. The predicted molar refractivity (Wildman–Crippen MR) is 81.6 cm³/mol. The second-order valence-corrected chi connectivity index (χ2v) is 6.27. The highest BCUT2D eigenvalue weighted by Crippen LogP contribution is 2.39. The van der Waals surface area contributed by atoms with Crippen LogP contribution in [-0.4, -0.2) is 47.6 Å². The fourth-order valence-corrected chi connectivity index (χ4v) is 3.86. The van der Waals surface area contributed by atoms with Crippen molar-refractivity contribution in [3.63, 3.8) is 0 Å². The predicted octanol–water partition coefficient (Wildman–Crippen LogP) is 2.44. The van der Waals surface area contributed by atoms with Crippen LogP contribution in [0.4, 0.5) is 0 Å². The van der Waals surface area contributed by atoms with Gasteiger partial charge in [-0.3, -0.25) is 4.90 Å². The number of ether oxygens (including phenoxy) is 2. The highest BCUT2D eigenvalue weighted by atomic mass is 16.5. The van der Waals surface area contributed by atoms with Crippen molar-refractivity contribution in [2.45, 2.75) is 51.2 Å². The maximum absolute atomic E-state index is 5.92. The number of aromatic nitrogens is 2. The molecule has 5 nitrogen and oxygen atoms in total. The Morgan fingerprint density at radius 3 is 2.86 bits per heavy atom. The van der Waals surface area contributed by atoms with E-state index in [1.807, 2.05) is 11.7 Å². The van der Waals surface area contributed by atoms with Crippen LogP contribution in [0.1, 0.15) is 49.4 Å². The first-order chi connectivity index (χ1) is 10.2. The highest BCUT2D eigenvalue weighted by Gasteiger charge is 2.33. The zero-order valence-electron chi connectivity index (χ0n) is 13.5. The Kier molecular flexibility index (Phi) is 4.50. The molecule has 0 unspecified atom stereocenters. The highest BCUT2D eigenvalue weighted by molar-refractivity contribution is 5.35. The van der Waals surface area contributed by atoms with Crippen LogP contribution in [0.15, 0.2) is 0 Å². The van der Waals surface area contributed by atoms with Crippen molar-refractivity contribution in [2.24, 2.45) is 7.05 Å². The molecule has 0 spiro atoms. The molecular weight excluding hydrogens is 266 g/mol. The minimum absolute atomic E-state index is 0.405. The Bertz CT molecular complexity index is 480. The molecule has 0 aliphatic carbocycles. The van der Waals surface area contributed by atoms with Gasteiger partial charge in [-0.1, -0.05) is 0 Å². The van der Waals surface area contributed by atoms with Crippen molar-refractivity contribution in [3.8, 4) is 5.88 Å². The summed E-state index contributed by atoms with van der Waals surface area (Å²) in [5.74, 6) is 0.911. The molecule has 3 rings (SSSR count). The van der Waals surface area contributed by atoms with Crippen LogP contribution in [0, 0.1) is 6.92 Å². The van der Waals surface area contributed by atoms with Gasteiger partial charge >= 0.3 is 0 Å². The first-order valence-corrected chi connectivity index (χ1v) is 8.14. The standard InChI is InChI=1S/C16H27N3O2/c1-12-15(16(20-3)18(2)17-12)14-8-6-9-19(14)11-13-7-4-5-10-21-13/h13-14H,4-11H2,1-3H3/t13-,14-/m1/s1. The smallest absolute Gasteiger partial charge is 0.216 e. The van der Waals surface area contributed by atoms with E-state index in [-0.39, 0.29) is 0 Å². The van der Waals surface area contributed by atoms with Gasteiger partial charge in [-0.2, -0.15) is 5.10 Å². The van der Waals surface area contributed by atoms with Crippen molar-refractivity contribution in [1.82, 2.24) is 14.7 Å². The molecule has 0 bridgehead atoms. The summed E-state index contributed by atoms with van der Waals surface area (Å²) >= 11 is 0. The van der Waals surface area contributed by atoms with Crippen molar-refractivity contribution in [2.75, 3.05) is 26.8 Å². The van der Waals surface area contributed by atoms with Gasteiger partial charge in [0.15, 0.2) is 0 Å². The van der Waals surface area contributed by atoms with E-state index in [9.17, 15) is 0 Å². The molecule has 2 aliphatic heterocycles. The number of nitrogens with zero attached hydrogens (tertiary/aromatic N) is 3. The molecular formula is C16H27N3O2. The van der Waals surface area contributed by atoms with Gasteiger partial charge in [0.25, 0.3) is 0 Å². The summed E-state index contributed by atoms with van der Waals surface area (Å²) < 4.78 is 13.4. The molecule has 0 amide bonds. The van der Waals surface area contributed by atoms with Gasteiger partial charge in [0.05, 0.1) is 24.5 Å². The second-order valence-electron chi connectivity index (χ2n) is 6.27. The number of methoxy groups -OCH3 is 1. The fraction of sp³-hybridized carbons (Fsp3) is 0.812. The quantitative estimate of drug-likeness (QED) is 0.855. The van der Waals surface area contributed by atoms with E-state index in [1.165, 1.54) is 37.7 Å². The van der Waals surface area contributed by atoms with Crippen molar-refractivity contribution in [1.29, 1.82) is 0 Å².